The van der Waals surface area contributed by atoms with Crippen LogP contribution in [-0.4, -0.2) is 17.8 Å². The number of urea groups is 1. The minimum absolute atomic E-state index is 0.109. The first-order valence-corrected chi connectivity index (χ1v) is 14.1. The Bertz CT molecular complexity index is 1870. The van der Waals surface area contributed by atoms with Crippen LogP contribution in [0.5, 0.6) is 5.75 Å². The average molecular weight is 567 g/mol. The molecule has 5 aromatic rings. The van der Waals surface area contributed by atoms with Crippen LogP contribution in [0.15, 0.2) is 115 Å². The van der Waals surface area contributed by atoms with Crippen molar-refractivity contribution in [2.24, 2.45) is 0 Å². The molecule has 0 aromatic heterocycles. The summed E-state index contributed by atoms with van der Waals surface area (Å²) >= 11 is 0. The first-order chi connectivity index (χ1) is 20.9. The van der Waals surface area contributed by atoms with Gasteiger partial charge in [0.15, 0.2) is 0 Å². The van der Waals surface area contributed by atoms with E-state index in [0.29, 0.717) is 24.5 Å². The van der Waals surface area contributed by atoms with E-state index >= 15 is 0 Å². The van der Waals surface area contributed by atoms with Crippen LogP contribution in [0.3, 0.4) is 0 Å². The third-order valence-electron chi connectivity index (χ3n) is 7.47. The Balaban J connectivity index is 1.34. The molecule has 0 spiro atoms. The van der Waals surface area contributed by atoms with Crippen LogP contribution < -0.4 is 15.0 Å². The van der Waals surface area contributed by atoms with Gasteiger partial charge in [-0.1, -0.05) is 96.1 Å². The first-order valence-electron chi connectivity index (χ1n) is 14.1. The second-order valence-electron chi connectivity index (χ2n) is 10.8. The molecule has 0 atom stereocenters. The Kier molecular flexibility index (Phi) is 7.58. The van der Waals surface area contributed by atoms with Crippen molar-refractivity contribution in [3.05, 3.63) is 148 Å². The van der Waals surface area contributed by atoms with Gasteiger partial charge in [-0.05, 0) is 83.6 Å². The molecule has 0 bridgehead atoms. The van der Waals surface area contributed by atoms with E-state index in [9.17, 15) is 14.4 Å². The van der Waals surface area contributed by atoms with Crippen molar-refractivity contribution in [2.75, 3.05) is 4.90 Å². The number of hydrogen-bond acceptors (Lipinski definition) is 4. The monoisotopic (exact) mass is 566 g/mol. The van der Waals surface area contributed by atoms with Gasteiger partial charge in [0, 0.05) is 0 Å². The Morgan fingerprint density at radius 1 is 0.744 bits per heavy atom. The van der Waals surface area contributed by atoms with E-state index in [2.05, 4.69) is 43.4 Å². The van der Waals surface area contributed by atoms with Crippen LogP contribution in [0.25, 0.3) is 16.8 Å². The van der Waals surface area contributed by atoms with E-state index in [-0.39, 0.29) is 5.57 Å². The van der Waals surface area contributed by atoms with E-state index < -0.39 is 17.8 Å². The van der Waals surface area contributed by atoms with Gasteiger partial charge in [0.25, 0.3) is 11.8 Å². The summed E-state index contributed by atoms with van der Waals surface area (Å²) in [6.45, 7) is 4.52. The quantitative estimate of drug-likeness (QED) is 0.166. The molecule has 4 amide bonds. The summed E-state index contributed by atoms with van der Waals surface area (Å²) in [5.41, 5.74) is 6.47. The van der Waals surface area contributed by atoms with Crippen LogP contribution >= 0.6 is 0 Å². The highest BCUT2D eigenvalue weighted by Crippen LogP contribution is 2.30. The third-order valence-corrected chi connectivity index (χ3v) is 7.47. The zero-order valence-corrected chi connectivity index (χ0v) is 24.0. The molecule has 1 aliphatic heterocycles. The second-order valence-corrected chi connectivity index (χ2v) is 10.8. The van der Waals surface area contributed by atoms with Gasteiger partial charge in [-0.2, -0.15) is 0 Å². The summed E-state index contributed by atoms with van der Waals surface area (Å²) in [6, 6.07) is 34.0. The zero-order valence-electron chi connectivity index (χ0n) is 24.0. The zero-order chi connectivity index (χ0) is 29.9. The molecule has 1 saturated heterocycles. The van der Waals surface area contributed by atoms with E-state index in [1.807, 2.05) is 60.7 Å². The van der Waals surface area contributed by atoms with Crippen molar-refractivity contribution in [1.29, 1.82) is 0 Å². The number of barbiturate groups is 1. The molecule has 1 aliphatic rings. The van der Waals surface area contributed by atoms with Gasteiger partial charge < -0.3 is 4.74 Å². The van der Waals surface area contributed by atoms with Gasteiger partial charge in [0.2, 0.25) is 0 Å². The van der Waals surface area contributed by atoms with Crippen molar-refractivity contribution in [3.8, 4) is 5.75 Å². The molecule has 0 saturated carbocycles. The van der Waals surface area contributed by atoms with Crippen molar-refractivity contribution in [3.63, 3.8) is 0 Å². The number of carbonyl (C=O) groups excluding carboxylic acids is 3. The van der Waals surface area contributed by atoms with Crippen LogP contribution in [0.4, 0.5) is 10.5 Å². The number of amides is 4. The van der Waals surface area contributed by atoms with E-state index in [0.717, 1.165) is 37.9 Å². The minimum Gasteiger partial charge on any atom is -0.489 e. The standard InChI is InChI=1S/C37H30N2O4/c1-24-18-25(2)20-27(19-24)21-29-13-12-28-10-6-7-11-32(28)33(29)22-34-35(40)38-37(42)39(36(34)41)30-14-16-31(17-15-30)43-23-26-8-4-3-5-9-26/h3-20,22H,21,23H2,1-2H3,(H,38,40,42)/b34-22+. The predicted octanol–water partition coefficient (Wildman–Crippen LogP) is 7.29. The van der Waals surface area contributed by atoms with Crippen LogP contribution in [0, 0.1) is 13.8 Å². The number of hydrogen-bond donors (Lipinski definition) is 1. The Morgan fingerprint density at radius 2 is 1.44 bits per heavy atom. The van der Waals surface area contributed by atoms with Gasteiger partial charge in [0.1, 0.15) is 17.9 Å². The molecule has 6 rings (SSSR count). The van der Waals surface area contributed by atoms with E-state index in [1.54, 1.807) is 30.3 Å². The maximum atomic E-state index is 13.8. The molecule has 1 fully saturated rings. The minimum atomic E-state index is -0.793. The number of imide groups is 2. The number of aryl methyl sites for hydroxylation is 2. The highest BCUT2D eigenvalue weighted by atomic mass is 16.5. The predicted molar refractivity (Wildman–Crippen MR) is 169 cm³/mol. The van der Waals surface area contributed by atoms with Crippen LogP contribution in [0.1, 0.15) is 33.4 Å². The maximum absolute atomic E-state index is 13.8. The van der Waals surface area contributed by atoms with Crippen molar-refractivity contribution in [2.45, 2.75) is 26.9 Å². The van der Waals surface area contributed by atoms with E-state index in [1.165, 1.54) is 11.1 Å². The van der Waals surface area contributed by atoms with E-state index in [4.69, 9.17) is 4.74 Å². The van der Waals surface area contributed by atoms with Gasteiger partial charge in [-0.25, -0.2) is 9.69 Å². The molecule has 0 unspecified atom stereocenters. The van der Waals surface area contributed by atoms with Gasteiger partial charge in [-0.15, -0.1) is 0 Å². The van der Waals surface area contributed by atoms with Crippen molar-refractivity contribution >= 4 is 40.4 Å². The van der Waals surface area contributed by atoms with Gasteiger partial charge >= 0.3 is 6.03 Å². The third kappa shape index (κ3) is 5.95. The fraction of sp³-hybridized carbons (Fsp3) is 0.108. The maximum Gasteiger partial charge on any atom is 0.335 e. The molecule has 0 aliphatic carbocycles. The summed E-state index contributed by atoms with van der Waals surface area (Å²) in [5, 5.41) is 4.25. The summed E-state index contributed by atoms with van der Waals surface area (Å²) in [7, 11) is 0. The second kappa shape index (κ2) is 11.8. The number of nitrogens with zero attached hydrogens (tertiary/aromatic N) is 1. The average Bonchev–Trinajstić information content (AvgIpc) is 2.99. The molecule has 5 aromatic carbocycles. The number of fused-ring (bicyclic) bond motifs is 1. The fourth-order valence-electron chi connectivity index (χ4n) is 5.52. The SMILES string of the molecule is Cc1cc(C)cc(Cc2ccc3ccccc3c2/C=C2\C(=O)NC(=O)N(c3ccc(OCc4ccccc4)cc3)C2=O)c1. The smallest absolute Gasteiger partial charge is 0.335 e. The number of benzene rings is 5. The lowest BCUT2D eigenvalue weighted by Crippen LogP contribution is -2.54. The van der Waals surface area contributed by atoms with Crippen LogP contribution in [-0.2, 0) is 22.6 Å². The molecule has 212 valence electrons. The molecule has 43 heavy (non-hydrogen) atoms. The molecular formula is C37H30N2O4. The lowest BCUT2D eigenvalue weighted by molar-refractivity contribution is -0.122. The highest BCUT2D eigenvalue weighted by Gasteiger charge is 2.37. The molecular weight excluding hydrogens is 536 g/mol. The van der Waals surface area contributed by atoms with Crippen molar-refractivity contribution in [1.82, 2.24) is 5.32 Å². The number of anilines is 1. The highest BCUT2D eigenvalue weighted by molar-refractivity contribution is 6.39. The molecule has 1 heterocycles. The molecule has 6 heteroatoms. The lowest BCUT2D eigenvalue weighted by atomic mass is 9.91. The Labute approximate surface area is 250 Å². The normalized spacial score (nSPS) is 14.3. The van der Waals surface area contributed by atoms with Crippen LogP contribution in [0.2, 0.25) is 0 Å². The molecule has 6 nitrogen and oxygen atoms in total. The molecule has 0 radical (unpaired) electrons. The number of carbonyl (C=O) groups is 3. The number of ether oxygens (including phenoxy) is 1. The Hall–Kier alpha value is -5.49. The lowest BCUT2D eigenvalue weighted by Gasteiger charge is -2.26. The van der Waals surface area contributed by atoms with Gasteiger partial charge in [-0.3, -0.25) is 14.9 Å². The summed E-state index contributed by atoms with van der Waals surface area (Å²) in [4.78, 5) is 40.8. The largest absolute Gasteiger partial charge is 0.489 e. The Morgan fingerprint density at radius 3 is 2.19 bits per heavy atom. The van der Waals surface area contributed by atoms with Crippen molar-refractivity contribution < 1.29 is 19.1 Å². The first kappa shape index (κ1) is 27.7. The summed E-state index contributed by atoms with van der Waals surface area (Å²) in [6.07, 6.45) is 2.24. The number of rotatable bonds is 7. The molecule has 1 N–H and O–H groups in total. The van der Waals surface area contributed by atoms with Gasteiger partial charge in [0.05, 0.1) is 5.69 Å². The fourth-order valence-corrected chi connectivity index (χ4v) is 5.52. The topological polar surface area (TPSA) is 75.7 Å². The summed E-state index contributed by atoms with van der Waals surface area (Å²) in [5.74, 6) is -0.813. The summed E-state index contributed by atoms with van der Waals surface area (Å²) < 4.78 is 5.85. The number of nitrogens with one attached hydrogen (secondary N) is 1.